The summed E-state index contributed by atoms with van der Waals surface area (Å²) < 4.78 is 6.63. The van der Waals surface area contributed by atoms with Gasteiger partial charge < -0.3 is 9.84 Å². The first kappa shape index (κ1) is 20.9. The van der Waals surface area contributed by atoms with Gasteiger partial charge in [-0.2, -0.15) is 0 Å². The van der Waals surface area contributed by atoms with Crippen molar-refractivity contribution in [1.29, 1.82) is 0 Å². The van der Waals surface area contributed by atoms with E-state index in [0.29, 0.717) is 22.0 Å². The van der Waals surface area contributed by atoms with Gasteiger partial charge in [-0.15, -0.1) is 12.4 Å². The number of carbonyl (C=O) groups is 1. The van der Waals surface area contributed by atoms with Gasteiger partial charge in [0.1, 0.15) is 24.5 Å². The summed E-state index contributed by atoms with van der Waals surface area (Å²) in [5, 5.41) is 9.37. The molecule has 134 valence electrons. The van der Waals surface area contributed by atoms with Crippen molar-refractivity contribution < 1.29 is 14.6 Å². The molecule has 3 rings (SSSR count). The number of halogens is 2. The number of benzene rings is 1. The minimum atomic E-state index is -0.459. The molecule has 2 aromatic heterocycles. The van der Waals surface area contributed by atoms with E-state index < -0.39 is 5.97 Å². The lowest BCUT2D eigenvalue weighted by molar-refractivity contribution is -0.145. The number of ether oxygens (including phenoxy) is 1. The van der Waals surface area contributed by atoms with E-state index >= 15 is 0 Å². The van der Waals surface area contributed by atoms with Gasteiger partial charge in [0.25, 0.3) is 0 Å². The molecule has 0 spiro atoms. The number of aliphatic hydroxyl groups excluding tert-OH is 1. The number of nitrogens with zero attached hydrogens (tertiary/aromatic N) is 3. The minimum absolute atomic E-state index is 0. The lowest BCUT2D eigenvalue weighted by Crippen LogP contribution is -2.16. The average Bonchev–Trinajstić information content (AvgIpc) is 2.92. The molecule has 2 heterocycles. The molecule has 0 radical (unpaired) electrons. The maximum absolute atomic E-state index is 11.9. The van der Waals surface area contributed by atoms with E-state index in [1.807, 2.05) is 18.2 Å². The number of pyridine rings is 1. The number of hydrogen-bond donors (Lipinski definition) is 1. The molecule has 25 heavy (non-hydrogen) atoms. The van der Waals surface area contributed by atoms with Crippen LogP contribution in [0.4, 0.5) is 0 Å². The molecule has 0 atom stereocenters. The maximum atomic E-state index is 11.9. The van der Waals surface area contributed by atoms with E-state index in [1.165, 1.54) is 0 Å². The Morgan fingerprint density at radius 2 is 1.96 bits per heavy atom. The fraction of sp³-hybridized carbons (Fsp3) is 0.235. The Morgan fingerprint density at radius 3 is 2.64 bits per heavy atom. The van der Waals surface area contributed by atoms with Crippen molar-refractivity contribution in [2.75, 3.05) is 13.2 Å². The van der Waals surface area contributed by atoms with Gasteiger partial charge in [0.2, 0.25) is 0 Å². The number of carbonyl (C=O) groups excluding carboxylic acids is 1. The lowest BCUT2D eigenvalue weighted by atomic mass is 10.2. The summed E-state index contributed by atoms with van der Waals surface area (Å²) in [6.45, 7) is -0.278. The molecule has 1 N–H and O–H groups in total. The fourth-order valence-electron chi connectivity index (χ4n) is 2.26. The minimum Gasteiger partial charge on any atom is -0.462 e. The normalized spacial score (nSPS) is 10.0. The summed E-state index contributed by atoms with van der Waals surface area (Å²) in [7, 11) is 0. The Hall–Kier alpha value is -2.15. The number of rotatable bonds is 5. The molecule has 6 nitrogen and oxygen atoms in total. The Morgan fingerprint density at radius 1 is 1.24 bits per heavy atom. The SMILES string of the molecule is C.Cl.O=C(Cn1c(-c2ccc(Cl)cc2)nc2cccnc21)OCCO. The maximum Gasteiger partial charge on any atom is 0.326 e. The van der Waals surface area contributed by atoms with Gasteiger partial charge in [0.15, 0.2) is 5.65 Å². The number of aliphatic hydroxyl groups is 1. The van der Waals surface area contributed by atoms with Crippen LogP contribution in [0.15, 0.2) is 42.6 Å². The molecule has 0 aliphatic carbocycles. The topological polar surface area (TPSA) is 77.2 Å². The van der Waals surface area contributed by atoms with Gasteiger partial charge in [0, 0.05) is 16.8 Å². The van der Waals surface area contributed by atoms with Crippen molar-refractivity contribution in [3.8, 4) is 11.4 Å². The van der Waals surface area contributed by atoms with Gasteiger partial charge in [-0.25, -0.2) is 9.97 Å². The Kier molecular flexibility index (Phi) is 7.83. The Balaban J connectivity index is 0.00000156. The van der Waals surface area contributed by atoms with E-state index in [4.69, 9.17) is 21.4 Å². The fourth-order valence-corrected chi connectivity index (χ4v) is 2.39. The monoisotopic (exact) mass is 383 g/mol. The second kappa shape index (κ2) is 9.36. The molecule has 0 saturated carbocycles. The summed E-state index contributed by atoms with van der Waals surface area (Å²) in [6, 6.07) is 10.8. The van der Waals surface area contributed by atoms with Gasteiger partial charge in [-0.3, -0.25) is 9.36 Å². The third-order valence-corrected chi connectivity index (χ3v) is 3.50. The molecule has 0 fully saturated rings. The zero-order valence-electron chi connectivity index (χ0n) is 12.6. The van der Waals surface area contributed by atoms with Crippen LogP contribution >= 0.6 is 24.0 Å². The molecule has 0 amide bonds. The summed E-state index contributed by atoms with van der Waals surface area (Å²) in [4.78, 5) is 20.8. The highest BCUT2D eigenvalue weighted by atomic mass is 35.5. The zero-order chi connectivity index (χ0) is 16.2. The Labute approximate surface area is 156 Å². The highest BCUT2D eigenvalue weighted by molar-refractivity contribution is 6.30. The standard InChI is InChI=1S/C16H14ClN3O3.CH4.ClH/c17-12-5-3-11(4-6-12)15-19-13-2-1-7-18-16(13)20(15)10-14(22)23-9-8-21;;/h1-7,21H,8-10H2;1H4;1H. The molecule has 3 aromatic rings. The van der Waals surface area contributed by atoms with Crippen LogP contribution in [-0.2, 0) is 16.1 Å². The summed E-state index contributed by atoms with van der Waals surface area (Å²) in [5.74, 6) is 0.149. The predicted molar refractivity (Wildman–Crippen MR) is 100.0 cm³/mol. The highest BCUT2D eigenvalue weighted by Gasteiger charge is 2.16. The zero-order valence-corrected chi connectivity index (χ0v) is 14.1. The summed E-state index contributed by atoms with van der Waals surface area (Å²) in [5.41, 5.74) is 2.10. The molecule has 0 saturated heterocycles. The second-order valence-electron chi connectivity index (χ2n) is 4.82. The summed E-state index contributed by atoms with van der Waals surface area (Å²) in [6.07, 6.45) is 1.64. The van der Waals surface area contributed by atoms with Crippen LogP contribution in [0.5, 0.6) is 0 Å². The largest absolute Gasteiger partial charge is 0.462 e. The van der Waals surface area contributed by atoms with Crippen LogP contribution in [0.3, 0.4) is 0 Å². The molecule has 0 bridgehead atoms. The first-order valence-electron chi connectivity index (χ1n) is 7.02. The highest BCUT2D eigenvalue weighted by Crippen LogP contribution is 2.25. The number of imidazole rings is 1. The van der Waals surface area contributed by atoms with Crippen molar-refractivity contribution in [3.05, 3.63) is 47.6 Å². The quantitative estimate of drug-likeness (QED) is 0.683. The lowest BCUT2D eigenvalue weighted by Gasteiger charge is -2.08. The van der Waals surface area contributed by atoms with E-state index in [-0.39, 0.29) is 39.6 Å². The predicted octanol–water partition coefficient (Wildman–Crippen LogP) is 3.35. The third-order valence-electron chi connectivity index (χ3n) is 3.25. The first-order valence-corrected chi connectivity index (χ1v) is 7.40. The second-order valence-corrected chi connectivity index (χ2v) is 5.26. The van der Waals surface area contributed by atoms with Crippen molar-refractivity contribution in [2.24, 2.45) is 0 Å². The molecular formula is C17H19Cl2N3O3. The van der Waals surface area contributed by atoms with Crippen LogP contribution in [0.25, 0.3) is 22.6 Å². The Bertz CT molecular complexity index is 835. The van der Waals surface area contributed by atoms with Gasteiger partial charge in [-0.1, -0.05) is 19.0 Å². The van der Waals surface area contributed by atoms with Crippen LogP contribution in [-0.4, -0.2) is 38.8 Å². The molecule has 0 aliphatic rings. The van der Waals surface area contributed by atoms with E-state index in [0.717, 1.165) is 5.56 Å². The third kappa shape index (κ3) is 4.69. The van der Waals surface area contributed by atoms with Crippen molar-refractivity contribution in [1.82, 2.24) is 14.5 Å². The van der Waals surface area contributed by atoms with Crippen molar-refractivity contribution in [2.45, 2.75) is 14.0 Å². The van der Waals surface area contributed by atoms with E-state index in [9.17, 15) is 4.79 Å². The van der Waals surface area contributed by atoms with Gasteiger partial charge >= 0.3 is 5.97 Å². The number of fused-ring (bicyclic) bond motifs is 1. The van der Waals surface area contributed by atoms with E-state index in [1.54, 1.807) is 29.0 Å². The van der Waals surface area contributed by atoms with Crippen LogP contribution in [0, 0.1) is 0 Å². The van der Waals surface area contributed by atoms with Crippen LogP contribution in [0.1, 0.15) is 7.43 Å². The number of aromatic nitrogens is 3. The average molecular weight is 384 g/mol. The molecule has 8 heteroatoms. The van der Waals surface area contributed by atoms with Gasteiger partial charge in [-0.05, 0) is 36.4 Å². The number of hydrogen-bond acceptors (Lipinski definition) is 5. The van der Waals surface area contributed by atoms with Crippen molar-refractivity contribution >= 4 is 41.1 Å². The molecular weight excluding hydrogens is 365 g/mol. The number of esters is 1. The van der Waals surface area contributed by atoms with E-state index in [2.05, 4.69) is 9.97 Å². The molecule has 1 aromatic carbocycles. The first-order chi connectivity index (χ1) is 11.2. The smallest absolute Gasteiger partial charge is 0.326 e. The van der Waals surface area contributed by atoms with Crippen molar-refractivity contribution in [3.63, 3.8) is 0 Å². The van der Waals surface area contributed by atoms with Crippen LogP contribution in [0.2, 0.25) is 5.02 Å². The summed E-state index contributed by atoms with van der Waals surface area (Å²) >= 11 is 5.92. The van der Waals surface area contributed by atoms with Crippen LogP contribution < -0.4 is 0 Å². The van der Waals surface area contributed by atoms with Gasteiger partial charge in [0.05, 0.1) is 6.61 Å². The molecule has 0 aliphatic heterocycles. The molecule has 0 unspecified atom stereocenters.